The second kappa shape index (κ2) is 3.25. The zero-order chi connectivity index (χ0) is 6.57. The monoisotopic (exact) mass is 135 g/mol. The first-order chi connectivity index (χ1) is 3.66. The second-order valence-electron chi connectivity index (χ2n) is 0.987. The number of nitrogens with zero attached hydrogens (tertiary/aromatic N) is 2. The fraction of sp³-hybridized carbons (Fsp3) is 0.500. The van der Waals surface area contributed by atoms with E-state index in [9.17, 15) is 10.1 Å². The minimum atomic E-state index is -0.856. The van der Waals surface area contributed by atoms with Gasteiger partial charge in [-0.15, -0.1) is 0 Å². The quantitative estimate of drug-likeness (QED) is 0.175. The summed E-state index contributed by atoms with van der Waals surface area (Å²) in [5.41, 5.74) is 4.91. The summed E-state index contributed by atoms with van der Waals surface area (Å²) in [6, 6.07) is 0. The Hall–Kier alpha value is -0.780. The largest absolute Gasteiger partial charge is 0.381 e. The first kappa shape index (κ1) is 7.22. The summed E-state index contributed by atoms with van der Waals surface area (Å²) in [5.74, 6) is 0.0272. The molecule has 0 saturated carbocycles. The van der Waals surface area contributed by atoms with Gasteiger partial charge in [0.2, 0.25) is 0 Å². The molecule has 0 aliphatic carbocycles. The second-order valence-corrected chi connectivity index (χ2v) is 1.30. The Morgan fingerprint density at radius 1 is 2.00 bits per heavy atom. The number of nitrogens with two attached hydrogens (primary N) is 1. The van der Waals surface area contributed by atoms with Gasteiger partial charge in [0.25, 0.3) is 0 Å². The minimum absolute atomic E-state index is 0.0849. The van der Waals surface area contributed by atoms with Crippen LogP contribution in [0.5, 0.6) is 0 Å². The van der Waals surface area contributed by atoms with Gasteiger partial charge in [-0.3, -0.25) is 0 Å². The third kappa shape index (κ3) is 3.41. The van der Waals surface area contributed by atoms with Crippen molar-refractivity contribution in [2.75, 3.05) is 5.75 Å². The van der Waals surface area contributed by atoms with Crippen LogP contribution in [0.25, 0.3) is 0 Å². The lowest BCUT2D eigenvalue weighted by Crippen LogP contribution is -2.14. The lowest BCUT2D eigenvalue weighted by atomic mass is 10.7. The molecule has 0 amide bonds. The summed E-state index contributed by atoms with van der Waals surface area (Å²) in [7, 11) is 0. The van der Waals surface area contributed by atoms with Gasteiger partial charge in [0.1, 0.15) is 0 Å². The molecule has 0 aromatic carbocycles. The number of rotatable bonds is 2. The lowest BCUT2D eigenvalue weighted by molar-refractivity contribution is -0.485. The molecule has 46 valence electrons. The predicted octanol–water partition coefficient (Wildman–Crippen LogP) is -0.535. The highest BCUT2D eigenvalue weighted by atomic mass is 32.1. The number of hydrazone groups is 1. The van der Waals surface area contributed by atoms with Crippen molar-refractivity contribution in [1.82, 2.24) is 0 Å². The van der Waals surface area contributed by atoms with Gasteiger partial charge < -0.3 is 5.73 Å². The molecule has 0 spiro atoms. The fourth-order valence-electron chi connectivity index (χ4n) is 0.136. The molecule has 0 saturated heterocycles. The van der Waals surface area contributed by atoms with Crippen LogP contribution in [0, 0.1) is 10.1 Å². The van der Waals surface area contributed by atoms with E-state index in [1.165, 1.54) is 0 Å². The van der Waals surface area contributed by atoms with Crippen LogP contribution < -0.4 is 5.73 Å². The summed E-state index contributed by atoms with van der Waals surface area (Å²) in [6.07, 6.45) is 0. The van der Waals surface area contributed by atoms with Gasteiger partial charge in [-0.1, -0.05) is 0 Å². The van der Waals surface area contributed by atoms with Crippen LogP contribution >= 0.6 is 12.6 Å². The van der Waals surface area contributed by atoms with Crippen molar-refractivity contribution in [3.63, 3.8) is 0 Å². The summed E-state index contributed by atoms with van der Waals surface area (Å²) >= 11 is 3.63. The van der Waals surface area contributed by atoms with E-state index in [-0.39, 0.29) is 11.6 Å². The van der Waals surface area contributed by atoms with Crippen molar-refractivity contribution in [1.29, 1.82) is 0 Å². The number of amidine groups is 1. The Bertz CT molecular complexity index is 122. The van der Waals surface area contributed by atoms with Crippen molar-refractivity contribution in [3.8, 4) is 0 Å². The van der Waals surface area contributed by atoms with Gasteiger partial charge in [0.15, 0.2) is 10.9 Å². The summed E-state index contributed by atoms with van der Waals surface area (Å²) < 4.78 is 0. The first-order valence-corrected chi connectivity index (χ1v) is 2.38. The highest BCUT2D eigenvalue weighted by molar-refractivity contribution is 7.81. The molecular weight excluding hydrogens is 130 g/mol. The van der Waals surface area contributed by atoms with Gasteiger partial charge in [0, 0.05) is 0 Å². The van der Waals surface area contributed by atoms with Crippen molar-refractivity contribution in [2.24, 2.45) is 10.8 Å². The third-order valence-corrected chi connectivity index (χ3v) is 0.696. The van der Waals surface area contributed by atoms with Crippen LogP contribution in [-0.2, 0) is 0 Å². The highest BCUT2D eigenvalue weighted by Gasteiger charge is 1.92. The molecule has 0 radical (unpaired) electrons. The van der Waals surface area contributed by atoms with E-state index < -0.39 is 5.03 Å². The SMILES string of the molecule is N/C(CS)=N\[N+](=O)[O-]. The zero-order valence-corrected chi connectivity index (χ0v) is 4.84. The Labute approximate surface area is 51.1 Å². The van der Waals surface area contributed by atoms with Crippen LogP contribution in [0.1, 0.15) is 0 Å². The highest BCUT2D eigenvalue weighted by Crippen LogP contribution is 1.75. The Morgan fingerprint density at radius 3 is 2.62 bits per heavy atom. The Morgan fingerprint density at radius 2 is 2.50 bits per heavy atom. The molecule has 5 nitrogen and oxygen atoms in total. The van der Waals surface area contributed by atoms with Gasteiger partial charge >= 0.3 is 0 Å². The molecule has 2 N–H and O–H groups in total. The van der Waals surface area contributed by atoms with Crippen LogP contribution in [0.4, 0.5) is 0 Å². The topological polar surface area (TPSA) is 81.5 Å². The average Bonchev–Trinajstić information content (AvgIpc) is 1.65. The van der Waals surface area contributed by atoms with E-state index in [4.69, 9.17) is 5.73 Å². The van der Waals surface area contributed by atoms with Crippen LogP contribution in [0.2, 0.25) is 0 Å². The van der Waals surface area contributed by atoms with E-state index in [1.54, 1.807) is 0 Å². The van der Waals surface area contributed by atoms with Crippen molar-refractivity contribution in [3.05, 3.63) is 10.1 Å². The van der Waals surface area contributed by atoms with E-state index in [1.807, 2.05) is 0 Å². The molecule has 6 heteroatoms. The molecule has 0 heterocycles. The van der Waals surface area contributed by atoms with E-state index in [2.05, 4.69) is 17.7 Å². The van der Waals surface area contributed by atoms with E-state index >= 15 is 0 Å². The minimum Gasteiger partial charge on any atom is -0.381 e. The molecule has 0 atom stereocenters. The van der Waals surface area contributed by atoms with Crippen LogP contribution in [-0.4, -0.2) is 16.6 Å². The van der Waals surface area contributed by atoms with Gasteiger partial charge in [-0.2, -0.15) is 12.6 Å². The summed E-state index contributed by atoms with van der Waals surface area (Å²) in [4.78, 5) is 9.47. The molecule has 0 aliphatic rings. The molecule has 0 aromatic heterocycles. The number of hydrogen-bond donors (Lipinski definition) is 2. The van der Waals surface area contributed by atoms with Crippen molar-refractivity contribution < 1.29 is 5.03 Å². The maximum absolute atomic E-state index is 9.47. The molecule has 0 bridgehead atoms. The van der Waals surface area contributed by atoms with Crippen LogP contribution in [0.15, 0.2) is 5.10 Å². The molecule has 0 rings (SSSR count). The number of hydrogen-bond acceptors (Lipinski definition) is 3. The molecule has 0 fully saturated rings. The van der Waals surface area contributed by atoms with Gasteiger partial charge in [-0.05, 0) is 0 Å². The number of nitro groups is 1. The first-order valence-electron chi connectivity index (χ1n) is 1.75. The van der Waals surface area contributed by atoms with Crippen LogP contribution in [0.3, 0.4) is 0 Å². The lowest BCUT2D eigenvalue weighted by Gasteiger charge is -1.82. The van der Waals surface area contributed by atoms with Gasteiger partial charge in [-0.25, -0.2) is 10.1 Å². The Balaban J connectivity index is 3.75. The predicted molar refractivity (Wildman–Crippen MR) is 32.5 cm³/mol. The Kier molecular flexibility index (Phi) is 2.93. The molecule has 0 aromatic rings. The van der Waals surface area contributed by atoms with E-state index in [0.717, 1.165) is 0 Å². The normalized spacial score (nSPS) is 11.4. The molecule has 0 unspecified atom stereocenters. The smallest absolute Gasteiger partial charge is 0.192 e. The van der Waals surface area contributed by atoms with Crippen molar-refractivity contribution >= 4 is 18.5 Å². The van der Waals surface area contributed by atoms with Crippen molar-refractivity contribution in [2.45, 2.75) is 0 Å². The van der Waals surface area contributed by atoms with E-state index in [0.29, 0.717) is 0 Å². The maximum atomic E-state index is 9.47. The van der Waals surface area contributed by atoms with Gasteiger partial charge in [0.05, 0.1) is 10.9 Å². The zero-order valence-electron chi connectivity index (χ0n) is 3.94. The fourth-order valence-corrected chi connectivity index (χ4v) is 0.200. The third-order valence-electron chi connectivity index (χ3n) is 0.372. The summed E-state index contributed by atoms with van der Waals surface area (Å²) in [5, 5.41) is 11.4. The average molecular weight is 135 g/mol. The molecule has 0 aliphatic heterocycles. The molecular formula is C2H5N3O2S. The standard InChI is InChI=1S/C2H5N3O2S/c3-2(1-8)4-5(6)7/h8H,1H2,(H2,3,4). The molecule has 8 heavy (non-hydrogen) atoms. The number of thiol groups is 1. The summed E-state index contributed by atoms with van der Waals surface area (Å²) in [6.45, 7) is 0. The maximum Gasteiger partial charge on any atom is 0.192 e.